The standard InChI is InChI=1S/C13H20N4O/c1-9-14-12(16-15-9)13(18)17-8-4-6-10-5-2-3-7-11(10)17/h10-11H,2-8H2,1H3,(H,14,15,16). The Kier molecular flexibility index (Phi) is 3.06. The number of carbonyl (C=O) groups excluding carboxylic acids is 1. The molecule has 1 aromatic heterocycles. The Morgan fingerprint density at radius 2 is 2.06 bits per heavy atom. The average Bonchev–Trinajstić information content (AvgIpc) is 2.84. The number of hydrogen-bond donors (Lipinski definition) is 1. The lowest BCUT2D eigenvalue weighted by atomic mass is 9.78. The summed E-state index contributed by atoms with van der Waals surface area (Å²) in [6, 6.07) is 0.429. The molecule has 2 atom stereocenters. The summed E-state index contributed by atoms with van der Waals surface area (Å²) < 4.78 is 0. The van der Waals surface area contributed by atoms with Crippen molar-refractivity contribution >= 4 is 5.91 Å². The Balaban J connectivity index is 1.79. The van der Waals surface area contributed by atoms with Gasteiger partial charge in [-0.15, -0.1) is 5.10 Å². The number of carbonyl (C=O) groups is 1. The van der Waals surface area contributed by atoms with E-state index in [-0.39, 0.29) is 5.91 Å². The summed E-state index contributed by atoms with van der Waals surface area (Å²) in [6.45, 7) is 2.69. The highest BCUT2D eigenvalue weighted by atomic mass is 16.2. The molecular weight excluding hydrogens is 228 g/mol. The Labute approximate surface area is 107 Å². The van der Waals surface area contributed by atoms with Crippen molar-refractivity contribution in [3.8, 4) is 0 Å². The molecule has 1 aromatic rings. The number of nitrogens with one attached hydrogen (secondary N) is 1. The average molecular weight is 248 g/mol. The van der Waals surface area contributed by atoms with Crippen LogP contribution in [0.1, 0.15) is 55.0 Å². The second-order valence-corrected chi connectivity index (χ2v) is 5.50. The van der Waals surface area contributed by atoms with Crippen LogP contribution < -0.4 is 0 Å². The summed E-state index contributed by atoms with van der Waals surface area (Å²) in [7, 11) is 0. The lowest BCUT2D eigenvalue weighted by molar-refractivity contribution is 0.0380. The molecule has 1 saturated carbocycles. The van der Waals surface area contributed by atoms with Crippen molar-refractivity contribution in [1.82, 2.24) is 20.1 Å². The third-order valence-corrected chi connectivity index (χ3v) is 4.29. The fourth-order valence-corrected chi connectivity index (χ4v) is 3.44. The molecule has 2 aliphatic rings. The van der Waals surface area contributed by atoms with E-state index in [1.54, 1.807) is 0 Å². The number of amides is 1. The number of hydrogen-bond acceptors (Lipinski definition) is 3. The first-order valence-corrected chi connectivity index (χ1v) is 6.95. The number of piperidine rings is 1. The van der Waals surface area contributed by atoms with Gasteiger partial charge in [0, 0.05) is 12.6 Å². The summed E-state index contributed by atoms with van der Waals surface area (Å²) >= 11 is 0. The molecule has 98 valence electrons. The van der Waals surface area contributed by atoms with Crippen LogP contribution in [0.2, 0.25) is 0 Å². The number of aromatic amines is 1. The van der Waals surface area contributed by atoms with E-state index in [1.165, 1.54) is 25.7 Å². The van der Waals surface area contributed by atoms with E-state index >= 15 is 0 Å². The molecule has 2 fully saturated rings. The number of nitrogens with zero attached hydrogens (tertiary/aromatic N) is 3. The van der Waals surface area contributed by atoms with E-state index in [0.29, 0.717) is 23.6 Å². The van der Waals surface area contributed by atoms with Gasteiger partial charge in [0.2, 0.25) is 5.82 Å². The molecule has 0 aromatic carbocycles. The maximum Gasteiger partial charge on any atom is 0.293 e. The van der Waals surface area contributed by atoms with Gasteiger partial charge in [0.15, 0.2) is 0 Å². The number of H-pyrrole nitrogens is 1. The lowest BCUT2D eigenvalue weighted by Gasteiger charge is -2.43. The quantitative estimate of drug-likeness (QED) is 0.825. The molecule has 0 spiro atoms. The molecular formula is C13H20N4O. The highest BCUT2D eigenvalue weighted by Gasteiger charge is 2.36. The SMILES string of the molecule is Cc1nc(C(=O)N2CCCC3CCCCC32)n[nH]1. The molecule has 0 bridgehead atoms. The first-order valence-electron chi connectivity index (χ1n) is 6.95. The van der Waals surface area contributed by atoms with Crippen molar-refractivity contribution in [2.75, 3.05) is 6.54 Å². The molecule has 3 rings (SSSR count). The largest absolute Gasteiger partial charge is 0.333 e. The fourth-order valence-electron chi connectivity index (χ4n) is 3.44. The summed E-state index contributed by atoms with van der Waals surface area (Å²) in [6.07, 6.45) is 7.40. The van der Waals surface area contributed by atoms with Gasteiger partial charge in [0.05, 0.1) is 0 Å². The van der Waals surface area contributed by atoms with E-state index < -0.39 is 0 Å². The highest BCUT2D eigenvalue weighted by molar-refractivity contribution is 5.90. The van der Waals surface area contributed by atoms with Crippen molar-refractivity contribution in [3.05, 3.63) is 11.6 Å². The third-order valence-electron chi connectivity index (χ3n) is 4.29. The number of rotatable bonds is 1. The van der Waals surface area contributed by atoms with E-state index in [0.717, 1.165) is 19.4 Å². The Hall–Kier alpha value is -1.39. The minimum Gasteiger partial charge on any atom is -0.333 e. The molecule has 1 N–H and O–H groups in total. The van der Waals surface area contributed by atoms with E-state index in [1.807, 2.05) is 11.8 Å². The zero-order valence-electron chi connectivity index (χ0n) is 10.9. The van der Waals surface area contributed by atoms with Crippen molar-refractivity contribution in [1.29, 1.82) is 0 Å². The normalized spacial score (nSPS) is 27.9. The molecule has 5 heteroatoms. The minimum absolute atomic E-state index is 0.0101. The molecule has 2 unspecified atom stereocenters. The lowest BCUT2D eigenvalue weighted by Crippen LogP contribution is -2.49. The maximum atomic E-state index is 12.4. The number of aryl methyl sites for hydroxylation is 1. The molecule has 18 heavy (non-hydrogen) atoms. The molecule has 1 aliphatic carbocycles. The first kappa shape index (κ1) is 11.7. The molecule has 5 nitrogen and oxygen atoms in total. The van der Waals surface area contributed by atoms with Gasteiger partial charge in [-0.3, -0.25) is 9.89 Å². The second kappa shape index (κ2) is 4.71. The summed E-state index contributed by atoms with van der Waals surface area (Å²) in [4.78, 5) is 18.6. The van der Waals surface area contributed by atoms with Gasteiger partial charge in [-0.1, -0.05) is 12.8 Å². The van der Waals surface area contributed by atoms with Crippen LogP contribution in [0.3, 0.4) is 0 Å². The summed E-state index contributed by atoms with van der Waals surface area (Å²) in [5, 5.41) is 6.75. The van der Waals surface area contributed by atoms with E-state index in [2.05, 4.69) is 15.2 Å². The van der Waals surface area contributed by atoms with Crippen LogP contribution in [0, 0.1) is 12.8 Å². The summed E-state index contributed by atoms with van der Waals surface area (Å²) in [5.41, 5.74) is 0. The van der Waals surface area contributed by atoms with Gasteiger partial charge >= 0.3 is 0 Å². The fraction of sp³-hybridized carbons (Fsp3) is 0.769. The predicted molar refractivity (Wildman–Crippen MR) is 67.1 cm³/mol. The van der Waals surface area contributed by atoms with Gasteiger partial charge in [0.25, 0.3) is 5.91 Å². The predicted octanol–water partition coefficient (Wildman–Crippen LogP) is 1.91. The maximum absolute atomic E-state index is 12.4. The van der Waals surface area contributed by atoms with Crippen molar-refractivity contribution in [3.63, 3.8) is 0 Å². The van der Waals surface area contributed by atoms with Crippen molar-refractivity contribution < 1.29 is 4.79 Å². The molecule has 1 saturated heterocycles. The van der Waals surface area contributed by atoms with Gasteiger partial charge in [-0.2, -0.15) is 0 Å². The number of likely N-dealkylation sites (tertiary alicyclic amines) is 1. The zero-order valence-corrected chi connectivity index (χ0v) is 10.9. The molecule has 1 aliphatic heterocycles. The van der Waals surface area contributed by atoms with Crippen molar-refractivity contribution in [2.45, 2.75) is 51.5 Å². The van der Waals surface area contributed by atoms with Crippen LogP contribution in [-0.4, -0.2) is 38.6 Å². The number of aromatic nitrogens is 3. The van der Waals surface area contributed by atoms with Gasteiger partial charge in [-0.05, 0) is 38.5 Å². The van der Waals surface area contributed by atoms with Crippen molar-refractivity contribution in [2.24, 2.45) is 5.92 Å². The monoisotopic (exact) mass is 248 g/mol. The van der Waals surface area contributed by atoms with E-state index in [9.17, 15) is 4.79 Å². The Morgan fingerprint density at radius 1 is 1.28 bits per heavy atom. The van der Waals surface area contributed by atoms with Crippen LogP contribution in [0.25, 0.3) is 0 Å². The first-order chi connectivity index (χ1) is 8.75. The zero-order chi connectivity index (χ0) is 12.5. The van der Waals surface area contributed by atoms with Gasteiger partial charge in [-0.25, -0.2) is 4.98 Å². The van der Waals surface area contributed by atoms with Crippen LogP contribution >= 0.6 is 0 Å². The van der Waals surface area contributed by atoms with Crippen LogP contribution in [0.5, 0.6) is 0 Å². The minimum atomic E-state index is 0.0101. The number of fused-ring (bicyclic) bond motifs is 1. The topological polar surface area (TPSA) is 61.9 Å². The second-order valence-electron chi connectivity index (χ2n) is 5.50. The molecule has 2 heterocycles. The summed E-state index contributed by atoms with van der Waals surface area (Å²) in [5.74, 6) is 1.75. The third kappa shape index (κ3) is 2.02. The van der Waals surface area contributed by atoms with Crippen LogP contribution in [0.15, 0.2) is 0 Å². The molecule has 1 amide bonds. The Bertz CT molecular complexity index is 440. The van der Waals surface area contributed by atoms with Crippen LogP contribution in [0.4, 0.5) is 0 Å². The molecule has 0 radical (unpaired) electrons. The van der Waals surface area contributed by atoms with E-state index in [4.69, 9.17) is 0 Å². The smallest absolute Gasteiger partial charge is 0.293 e. The van der Waals surface area contributed by atoms with Gasteiger partial charge in [0.1, 0.15) is 5.82 Å². The highest BCUT2D eigenvalue weighted by Crippen LogP contribution is 2.35. The Morgan fingerprint density at radius 3 is 2.83 bits per heavy atom. The van der Waals surface area contributed by atoms with Gasteiger partial charge < -0.3 is 4.90 Å². The van der Waals surface area contributed by atoms with Crippen LogP contribution in [-0.2, 0) is 0 Å².